The van der Waals surface area contributed by atoms with Crippen molar-refractivity contribution in [2.45, 2.75) is 71.4 Å². The molecular weight excluding hydrogens is 328 g/mol. The minimum absolute atomic E-state index is 0.115. The Bertz CT molecular complexity index is 616. The summed E-state index contributed by atoms with van der Waals surface area (Å²) in [6, 6.07) is -0.526. The van der Waals surface area contributed by atoms with Crippen molar-refractivity contribution in [3.63, 3.8) is 0 Å². The first-order valence-electron chi connectivity index (χ1n) is 8.12. The van der Waals surface area contributed by atoms with E-state index in [-0.39, 0.29) is 11.3 Å². The maximum absolute atomic E-state index is 12.5. The summed E-state index contributed by atoms with van der Waals surface area (Å²) in [4.78, 5) is 26.3. The van der Waals surface area contributed by atoms with E-state index in [4.69, 9.17) is 4.74 Å². The Kier molecular flexibility index (Phi) is 5.17. The Morgan fingerprint density at radius 3 is 2.42 bits per heavy atom. The monoisotopic (exact) mass is 354 g/mol. The van der Waals surface area contributed by atoms with Gasteiger partial charge in [-0.15, -0.1) is 10.2 Å². The number of anilines is 1. The topological polar surface area (TPSA) is 84.4 Å². The van der Waals surface area contributed by atoms with Crippen molar-refractivity contribution < 1.29 is 14.3 Å². The zero-order valence-corrected chi connectivity index (χ0v) is 16.0. The molecule has 1 aliphatic heterocycles. The first-order chi connectivity index (χ1) is 11.0. The average Bonchev–Trinajstić information content (AvgIpc) is 3.03. The van der Waals surface area contributed by atoms with Gasteiger partial charge in [0.05, 0.1) is 0 Å². The zero-order valence-electron chi connectivity index (χ0n) is 15.2. The second-order valence-corrected chi connectivity index (χ2v) is 8.96. The highest BCUT2D eigenvalue weighted by Crippen LogP contribution is 2.28. The largest absolute Gasteiger partial charge is 0.444 e. The normalized spacial score (nSPS) is 18.6. The number of aromatic nitrogens is 2. The average molecular weight is 354 g/mol. The van der Waals surface area contributed by atoms with Gasteiger partial charge >= 0.3 is 6.09 Å². The van der Waals surface area contributed by atoms with Gasteiger partial charge in [0.1, 0.15) is 16.7 Å². The molecule has 0 radical (unpaired) electrons. The van der Waals surface area contributed by atoms with E-state index in [0.29, 0.717) is 18.1 Å². The molecule has 134 valence electrons. The fourth-order valence-electron chi connectivity index (χ4n) is 2.34. The number of rotatable bonds is 2. The quantitative estimate of drug-likeness (QED) is 0.882. The fourth-order valence-corrected chi connectivity index (χ4v) is 3.15. The van der Waals surface area contributed by atoms with Crippen LogP contribution in [-0.4, -0.2) is 45.3 Å². The predicted molar refractivity (Wildman–Crippen MR) is 93.2 cm³/mol. The van der Waals surface area contributed by atoms with Crippen LogP contribution in [0.1, 0.15) is 59.4 Å². The highest BCUT2D eigenvalue weighted by atomic mass is 32.1. The van der Waals surface area contributed by atoms with Crippen LogP contribution in [0.5, 0.6) is 0 Å². The summed E-state index contributed by atoms with van der Waals surface area (Å²) in [7, 11) is 0. The first kappa shape index (κ1) is 18.6. The summed E-state index contributed by atoms with van der Waals surface area (Å²) in [6.45, 7) is 12.1. The number of nitrogens with one attached hydrogen (secondary N) is 1. The van der Waals surface area contributed by atoms with Crippen LogP contribution in [0, 0.1) is 0 Å². The lowest BCUT2D eigenvalue weighted by Crippen LogP contribution is -2.45. The Morgan fingerprint density at radius 2 is 1.88 bits per heavy atom. The van der Waals surface area contributed by atoms with Gasteiger partial charge in [0.2, 0.25) is 11.0 Å². The molecule has 1 N–H and O–H groups in total. The van der Waals surface area contributed by atoms with E-state index in [2.05, 4.69) is 15.5 Å². The molecule has 8 heteroatoms. The van der Waals surface area contributed by atoms with Crippen molar-refractivity contribution in [3.05, 3.63) is 5.01 Å². The fraction of sp³-hybridized carbons (Fsp3) is 0.750. The van der Waals surface area contributed by atoms with Crippen LogP contribution in [-0.2, 0) is 14.9 Å². The van der Waals surface area contributed by atoms with E-state index in [0.717, 1.165) is 11.4 Å². The Balaban J connectivity index is 2.03. The van der Waals surface area contributed by atoms with Crippen molar-refractivity contribution in [2.75, 3.05) is 11.9 Å². The lowest BCUT2D eigenvalue weighted by Gasteiger charge is -2.27. The number of hydrogen-bond donors (Lipinski definition) is 1. The van der Waals surface area contributed by atoms with E-state index in [1.165, 1.54) is 16.2 Å². The number of carbonyl (C=O) groups excluding carboxylic acids is 2. The highest BCUT2D eigenvalue weighted by molar-refractivity contribution is 7.15. The predicted octanol–water partition coefficient (Wildman–Crippen LogP) is 3.17. The number of amides is 2. The zero-order chi connectivity index (χ0) is 18.1. The number of carbonyl (C=O) groups is 2. The molecule has 0 bridgehead atoms. The molecule has 24 heavy (non-hydrogen) atoms. The standard InChI is InChI=1S/C16H26N4O3S/c1-15(2,3)12-18-19-13(24-12)17-11(21)10-8-7-9-20(10)14(22)23-16(4,5)6/h10H,7-9H2,1-6H3,(H,17,19,21)/t10-/m0/s1. The SMILES string of the molecule is CC(C)(C)OC(=O)N1CCC[C@H]1C(=O)Nc1nnc(C(C)(C)C)s1. The van der Waals surface area contributed by atoms with Gasteiger partial charge in [-0.2, -0.15) is 0 Å². The van der Waals surface area contributed by atoms with Crippen LogP contribution in [0.3, 0.4) is 0 Å². The molecule has 1 fully saturated rings. The number of ether oxygens (including phenoxy) is 1. The van der Waals surface area contributed by atoms with E-state index in [9.17, 15) is 9.59 Å². The third kappa shape index (κ3) is 4.66. The number of likely N-dealkylation sites (tertiary alicyclic amines) is 1. The summed E-state index contributed by atoms with van der Waals surface area (Å²) in [5.41, 5.74) is -0.696. The summed E-state index contributed by atoms with van der Waals surface area (Å²) in [6.07, 6.45) is 0.948. The van der Waals surface area contributed by atoms with Crippen molar-refractivity contribution >= 4 is 28.5 Å². The lowest BCUT2D eigenvalue weighted by atomic mass is 9.98. The minimum atomic E-state index is -0.582. The van der Waals surface area contributed by atoms with Gasteiger partial charge < -0.3 is 4.74 Å². The van der Waals surface area contributed by atoms with Crippen molar-refractivity contribution in [2.24, 2.45) is 0 Å². The van der Waals surface area contributed by atoms with E-state index < -0.39 is 17.7 Å². The van der Waals surface area contributed by atoms with Gasteiger partial charge in [-0.05, 0) is 33.6 Å². The van der Waals surface area contributed by atoms with Crippen molar-refractivity contribution in [1.29, 1.82) is 0 Å². The van der Waals surface area contributed by atoms with Gasteiger partial charge in [0, 0.05) is 12.0 Å². The van der Waals surface area contributed by atoms with E-state index in [1.807, 2.05) is 41.5 Å². The van der Waals surface area contributed by atoms with Crippen LogP contribution in [0.25, 0.3) is 0 Å². The Morgan fingerprint density at radius 1 is 1.21 bits per heavy atom. The molecule has 0 unspecified atom stereocenters. The van der Waals surface area contributed by atoms with E-state index in [1.54, 1.807) is 0 Å². The smallest absolute Gasteiger partial charge is 0.410 e. The highest BCUT2D eigenvalue weighted by Gasteiger charge is 2.37. The van der Waals surface area contributed by atoms with Gasteiger partial charge in [-0.1, -0.05) is 32.1 Å². The Labute approximate surface area is 146 Å². The molecule has 1 saturated heterocycles. The maximum Gasteiger partial charge on any atom is 0.410 e. The van der Waals surface area contributed by atoms with Crippen LogP contribution < -0.4 is 5.32 Å². The molecule has 0 spiro atoms. The number of hydrogen-bond acceptors (Lipinski definition) is 6. The third-order valence-corrected chi connectivity index (χ3v) is 4.74. The van der Waals surface area contributed by atoms with Crippen molar-refractivity contribution in [1.82, 2.24) is 15.1 Å². The van der Waals surface area contributed by atoms with Gasteiger partial charge in [0.25, 0.3) is 0 Å². The molecule has 2 rings (SSSR count). The second kappa shape index (κ2) is 6.66. The molecular formula is C16H26N4O3S. The molecule has 0 aliphatic carbocycles. The van der Waals surface area contributed by atoms with E-state index >= 15 is 0 Å². The number of nitrogens with zero attached hydrogens (tertiary/aromatic N) is 3. The van der Waals surface area contributed by atoms with Crippen LogP contribution >= 0.6 is 11.3 Å². The Hall–Kier alpha value is -1.70. The first-order valence-corrected chi connectivity index (χ1v) is 8.93. The van der Waals surface area contributed by atoms with Gasteiger partial charge in [-0.3, -0.25) is 15.0 Å². The molecule has 0 saturated carbocycles. The third-order valence-electron chi connectivity index (χ3n) is 3.48. The molecule has 1 aromatic rings. The summed E-state index contributed by atoms with van der Waals surface area (Å²) in [5, 5.41) is 12.2. The molecule has 2 heterocycles. The van der Waals surface area contributed by atoms with Gasteiger partial charge in [-0.25, -0.2) is 4.79 Å². The van der Waals surface area contributed by atoms with Crippen molar-refractivity contribution in [3.8, 4) is 0 Å². The van der Waals surface area contributed by atoms with Gasteiger partial charge in [0.15, 0.2) is 0 Å². The summed E-state index contributed by atoms with van der Waals surface area (Å²) >= 11 is 1.36. The summed E-state index contributed by atoms with van der Waals surface area (Å²) < 4.78 is 5.38. The molecule has 2 amide bonds. The minimum Gasteiger partial charge on any atom is -0.444 e. The second-order valence-electron chi connectivity index (χ2n) is 7.98. The molecule has 7 nitrogen and oxygen atoms in total. The lowest BCUT2D eigenvalue weighted by molar-refractivity contribution is -0.120. The molecule has 1 atom stereocenters. The molecule has 1 aromatic heterocycles. The molecule has 0 aromatic carbocycles. The van der Waals surface area contributed by atoms with Crippen LogP contribution in [0.2, 0.25) is 0 Å². The maximum atomic E-state index is 12.5. The summed E-state index contributed by atoms with van der Waals surface area (Å²) in [5.74, 6) is -0.241. The van der Waals surface area contributed by atoms with Crippen LogP contribution in [0.4, 0.5) is 9.93 Å². The molecule has 1 aliphatic rings. The van der Waals surface area contributed by atoms with Crippen LogP contribution in [0.15, 0.2) is 0 Å².